The van der Waals surface area contributed by atoms with Crippen molar-refractivity contribution >= 4 is 34.4 Å². The van der Waals surface area contributed by atoms with Crippen molar-refractivity contribution in [3.05, 3.63) is 41.0 Å². The second-order valence-corrected chi connectivity index (χ2v) is 3.56. The number of nitrogens with zero attached hydrogens (tertiary/aromatic N) is 1. The van der Waals surface area contributed by atoms with E-state index in [1.54, 1.807) is 12.1 Å². The van der Waals surface area contributed by atoms with Crippen LogP contribution in [-0.4, -0.2) is 16.6 Å². The van der Waals surface area contributed by atoms with Crippen molar-refractivity contribution in [2.75, 3.05) is 17.6 Å². The quantitative estimate of drug-likeness (QED) is 0.248. The monoisotopic (exact) mass is 252 g/mol. The molecule has 4 N–H and O–H groups in total. The summed E-state index contributed by atoms with van der Waals surface area (Å²) in [5, 5.41) is 16.7. The van der Waals surface area contributed by atoms with E-state index in [0.29, 0.717) is 17.3 Å². The van der Waals surface area contributed by atoms with Gasteiger partial charge < -0.3 is 16.4 Å². The van der Waals surface area contributed by atoms with Crippen LogP contribution in [0.2, 0.25) is 0 Å². The van der Waals surface area contributed by atoms with Crippen molar-refractivity contribution in [2.45, 2.75) is 0 Å². The highest BCUT2D eigenvalue weighted by atomic mass is 32.1. The van der Waals surface area contributed by atoms with Crippen LogP contribution >= 0.6 is 12.2 Å². The van der Waals surface area contributed by atoms with Gasteiger partial charge in [-0.1, -0.05) is 6.08 Å². The molecule has 0 atom stereocenters. The SMILES string of the molecule is C=CCNC(=S)Nc1ccc(N)c([N+](=O)[O-])c1. The second kappa shape index (κ2) is 5.80. The lowest BCUT2D eigenvalue weighted by Crippen LogP contribution is -2.28. The first-order valence-corrected chi connectivity index (χ1v) is 5.15. The highest BCUT2D eigenvalue weighted by Gasteiger charge is 2.12. The van der Waals surface area contributed by atoms with Gasteiger partial charge in [-0.05, 0) is 24.4 Å². The Hall–Kier alpha value is -2.15. The Morgan fingerprint density at radius 3 is 2.94 bits per heavy atom. The van der Waals surface area contributed by atoms with Crippen LogP contribution in [0, 0.1) is 10.1 Å². The summed E-state index contributed by atoms with van der Waals surface area (Å²) in [5.74, 6) is 0. The van der Waals surface area contributed by atoms with Gasteiger partial charge in [-0.3, -0.25) is 10.1 Å². The van der Waals surface area contributed by atoms with E-state index >= 15 is 0 Å². The number of nitrogens with one attached hydrogen (secondary N) is 2. The minimum absolute atomic E-state index is 0.116. The fraction of sp³-hybridized carbons (Fsp3) is 0.100. The molecule has 1 aromatic carbocycles. The molecule has 0 saturated heterocycles. The lowest BCUT2D eigenvalue weighted by molar-refractivity contribution is -0.383. The molecule has 0 bridgehead atoms. The minimum Gasteiger partial charge on any atom is -0.393 e. The lowest BCUT2D eigenvalue weighted by Gasteiger charge is -2.09. The number of nitro groups is 1. The number of nitrogen functional groups attached to an aromatic ring is 1. The van der Waals surface area contributed by atoms with Crippen LogP contribution in [0.15, 0.2) is 30.9 Å². The summed E-state index contributed by atoms with van der Waals surface area (Å²) in [6, 6.07) is 4.40. The zero-order chi connectivity index (χ0) is 12.8. The number of rotatable bonds is 4. The third-order valence-corrected chi connectivity index (χ3v) is 2.14. The van der Waals surface area contributed by atoms with Crippen molar-refractivity contribution in [3.8, 4) is 0 Å². The fourth-order valence-corrected chi connectivity index (χ4v) is 1.32. The van der Waals surface area contributed by atoms with E-state index in [4.69, 9.17) is 18.0 Å². The van der Waals surface area contributed by atoms with Crippen LogP contribution < -0.4 is 16.4 Å². The third-order valence-electron chi connectivity index (χ3n) is 1.89. The van der Waals surface area contributed by atoms with Gasteiger partial charge in [-0.25, -0.2) is 0 Å². The Kier molecular flexibility index (Phi) is 4.41. The summed E-state index contributed by atoms with van der Waals surface area (Å²) < 4.78 is 0. The Morgan fingerprint density at radius 1 is 1.65 bits per heavy atom. The molecule has 0 aromatic heterocycles. The van der Waals surface area contributed by atoms with Crippen LogP contribution in [0.25, 0.3) is 0 Å². The molecular formula is C10H12N4O2S. The number of hydrogen-bond donors (Lipinski definition) is 3. The maximum absolute atomic E-state index is 10.7. The van der Waals surface area contributed by atoms with Crippen molar-refractivity contribution in [1.82, 2.24) is 5.32 Å². The fourth-order valence-electron chi connectivity index (χ4n) is 1.12. The molecule has 0 aliphatic carbocycles. The van der Waals surface area contributed by atoms with E-state index in [0.717, 1.165) is 0 Å². The van der Waals surface area contributed by atoms with Gasteiger partial charge in [0, 0.05) is 18.3 Å². The van der Waals surface area contributed by atoms with Gasteiger partial charge in [0.1, 0.15) is 5.69 Å². The van der Waals surface area contributed by atoms with Gasteiger partial charge in [0.25, 0.3) is 5.69 Å². The van der Waals surface area contributed by atoms with Gasteiger partial charge in [-0.15, -0.1) is 6.58 Å². The van der Waals surface area contributed by atoms with Crippen LogP contribution in [0.1, 0.15) is 0 Å². The summed E-state index contributed by atoms with van der Waals surface area (Å²) in [6.45, 7) is 4.05. The van der Waals surface area contributed by atoms with Gasteiger partial charge in [0.15, 0.2) is 5.11 Å². The smallest absolute Gasteiger partial charge is 0.294 e. The van der Waals surface area contributed by atoms with E-state index in [9.17, 15) is 10.1 Å². The molecule has 0 aliphatic heterocycles. The molecule has 0 spiro atoms. The number of hydrogen-bond acceptors (Lipinski definition) is 4. The van der Waals surface area contributed by atoms with Crippen molar-refractivity contribution < 1.29 is 4.92 Å². The molecule has 0 fully saturated rings. The van der Waals surface area contributed by atoms with Gasteiger partial charge in [-0.2, -0.15) is 0 Å². The zero-order valence-electron chi connectivity index (χ0n) is 8.97. The van der Waals surface area contributed by atoms with E-state index in [2.05, 4.69) is 17.2 Å². The zero-order valence-corrected chi connectivity index (χ0v) is 9.79. The van der Waals surface area contributed by atoms with Gasteiger partial charge in [0.05, 0.1) is 4.92 Å². The molecular weight excluding hydrogens is 240 g/mol. The standard InChI is InChI=1S/C10H12N4O2S/c1-2-5-12-10(17)13-7-3-4-8(11)9(6-7)14(15)16/h2-4,6H,1,5,11H2,(H2,12,13,17). The van der Waals surface area contributed by atoms with Crippen LogP contribution in [0.3, 0.4) is 0 Å². The topological polar surface area (TPSA) is 93.2 Å². The summed E-state index contributed by atoms with van der Waals surface area (Å²) >= 11 is 4.97. The van der Waals surface area contributed by atoms with Crippen LogP contribution in [0.5, 0.6) is 0 Å². The second-order valence-electron chi connectivity index (χ2n) is 3.15. The van der Waals surface area contributed by atoms with Crippen molar-refractivity contribution in [1.29, 1.82) is 0 Å². The Morgan fingerprint density at radius 2 is 2.35 bits per heavy atom. The lowest BCUT2D eigenvalue weighted by atomic mass is 10.2. The molecule has 0 radical (unpaired) electrons. The Balaban J connectivity index is 2.79. The summed E-state index contributed by atoms with van der Waals surface area (Å²) in [7, 11) is 0. The van der Waals surface area contributed by atoms with E-state index in [-0.39, 0.29) is 11.4 Å². The maximum Gasteiger partial charge on any atom is 0.294 e. The molecule has 7 heteroatoms. The maximum atomic E-state index is 10.7. The summed E-state index contributed by atoms with van der Waals surface area (Å²) in [6.07, 6.45) is 1.65. The summed E-state index contributed by atoms with van der Waals surface area (Å²) in [4.78, 5) is 10.1. The first-order valence-electron chi connectivity index (χ1n) is 4.74. The molecule has 0 aliphatic rings. The minimum atomic E-state index is -0.541. The van der Waals surface area contributed by atoms with Crippen molar-refractivity contribution in [3.63, 3.8) is 0 Å². The summed E-state index contributed by atoms with van der Waals surface area (Å²) in [5.41, 5.74) is 5.94. The molecule has 0 amide bonds. The number of benzene rings is 1. The van der Waals surface area contributed by atoms with Gasteiger partial charge in [0.2, 0.25) is 0 Å². The van der Waals surface area contributed by atoms with Crippen LogP contribution in [0.4, 0.5) is 17.1 Å². The molecule has 0 heterocycles. The highest BCUT2D eigenvalue weighted by molar-refractivity contribution is 7.80. The first-order chi connectivity index (χ1) is 8.04. The van der Waals surface area contributed by atoms with E-state index in [1.165, 1.54) is 12.1 Å². The molecule has 0 saturated carbocycles. The average molecular weight is 252 g/mol. The normalized spacial score (nSPS) is 9.41. The molecule has 1 aromatic rings. The van der Waals surface area contributed by atoms with Gasteiger partial charge >= 0.3 is 0 Å². The number of nitrogens with two attached hydrogens (primary N) is 1. The molecule has 6 nitrogen and oxygen atoms in total. The first kappa shape index (κ1) is 12.9. The highest BCUT2D eigenvalue weighted by Crippen LogP contribution is 2.24. The number of thiocarbonyl (C=S) groups is 1. The Bertz CT molecular complexity index is 462. The predicted octanol–water partition coefficient (Wildman–Crippen LogP) is 1.65. The number of anilines is 2. The number of nitro benzene ring substituents is 1. The molecule has 1 rings (SSSR count). The average Bonchev–Trinajstić information content (AvgIpc) is 2.28. The van der Waals surface area contributed by atoms with Crippen LogP contribution in [-0.2, 0) is 0 Å². The predicted molar refractivity (Wildman–Crippen MR) is 71.9 cm³/mol. The van der Waals surface area contributed by atoms with E-state index < -0.39 is 4.92 Å². The molecule has 0 unspecified atom stereocenters. The molecule has 17 heavy (non-hydrogen) atoms. The largest absolute Gasteiger partial charge is 0.393 e. The third kappa shape index (κ3) is 3.72. The van der Waals surface area contributed by atoms with Crippen molar-refractivity contribution in [2.24, 2.45) is 0 Å². The van der Waals surface area contributed by atoms with E-state index in [1.807, 2.05) is 0 Å². The molecule has 90 valence electrons. The Labute approximate surface area is 104 Å².